The number of halogens is 3. The van der Waals surface area contributed by atoms with Crippen molar-refractivity contribution in [2.75, 3.05) is 36.3 Å². The molecule has 32 heavy (non-hydrogen) atoms. The summed E-state index contributed by atoms with van der Waals surface area (Å²) in [5.74, 6) is -0.650. The van der Waals surface area contributed by atoms with Crippen LogP contribution < -0.4 is 10.0 Å². The summed E-state index contributed by atoms with van der Waals surface area (Å²) in [5, 5.41) is 4.86. The normalized spacial score (nSPS) is 15.5. The van der Waals surface area contributed by atoms with E-state index in [2.05, 4.69) is 19.9 Å². The van der Waals surface area contributed by atoms with Gasteiger partial charge in [-0.25, -0.2) is 13.8 Å². The summed E-state index contributed by atoms with van der Waals surface area (Å²) < 4.78 is 49.7. The Morgan fingerprint density at radius 3 is 2.78 bits per heavy atom. The van der Waals surface area contributed by atoms with Crippen molar-refractivity contribution in [1.29, 1.82) is 0 Å². The summed E-state index contributed by atoms with van der Waals surface area (Å²) >= 11 is 5.77. The molecule has 0 bridgehead atoms. The second kappa shape index (κ2) is 10.8. The summed E-state index contributed by atoms with van der Waals surface area (Å²) in [6.07, 6.45) is 0. The number of nitrogens with one attached hydrogen (secondary N) is 2. The van der Waals surface area contributed by atoms with Gasteiger partial charge in [0.05, 0.1) is 29.4 Å². The molecule has 2 aromatic carbocycles. The molecule has 6 nitrogen and oxygen atoms in total. The first-order chi connectivity index (χ1) is 15.5. The monoisotopic (exact) mass is 498 g/mol. The fourth-order valence-electron chi connectivity index (χ4n) is 3.35. The number of thiazole rings is 1. The van der Waals surface area contributed by atoms with E-state index >= 15 is 0 Å². The average molecular weight is 499 g/mol. The van der Waals surface area contributed by atoms with Crippen LogP contribution in [0.5, 0.6) is 0 Å². The molecular weight excluding hydrogens is 478 g/mol. The SMILES string of the molecule is [O-][S+](Nc1cscn1)c1cc(Cl)c(NCc2c(F)cccc2CN2CCOCC2)cc1F. The standard InChI is InChI=1S/C21H21ClF2N4O2S2/c22-16-8-20(32(29)27-21-12-31-13-26-21)18(24)9-19(16)25-10-15-14(2-1-3-17(15)23)11-28-4-6-30-7-5-28/h1-3,8-9,12-13,25,27H,4-7,10-11H2. The predicted octanol–water partition coefficient (Wildman–Crippen LogP) is 4.65. The number of morpholine rings is 1. The molecule has 1 saturated heterocycles. The number of aromatic nitrogens is 1. The molecule has 1 atom stereocenters. The number of hydrogen-bond acceptors (Lipinski definition) is 7. The van der Waals surface area contributed by atoms with Crippen molar-refractivity contribution in [1.82, 2.24) is 9.88 Å². The van der Waals surface area contributed by atoms with E-state index in [1.165, 1.54) is 29.5 Å². The number of nitrogens with zero attached hydrogens (tertiary/aromatic N) is 2. The lowest BCUT2D eigenvalue weighted by molar-refractivity contribution is 0.0340. The molecule has 1 aliphatic rings. The molecule has 0 aliphatic carbocycles. The van der Waals surface area contributed by atoms with Crippen LogP contribution in [0.1, 0.15) is 11.1 Å². The van der Waals surface area contributed by atoms with E-state index in [0.29, 0.717) is 36.8 Å². The molecule has 2 N–H and O–H groups in total. The van der Waals surface area contributed by atoms with Crippen molar-refractivity contribution in [2.45, 2.75) is 18.0 Å². The van der Waals surface area contributed by atoms with Crippen LogP contribution >= 0.6 is 22.9 Å². The van der Waals surface area contributed by atoms with Gasteiger partial charge in [0, 0.05) is 49.3 Å². The van der Waals surface area contributed by atoms with Crippen LogP contribution in [0, 0.1) is 11.6 Å². The average Bonchev–Trinajstić information content (AvgIpc) is 3.29. The van der Waals surface area contributed by atoms with Crippen molar-refractivity contribution in [3.05, 3.63) is 69.0 Å². The lowest BCUT2D eigenvalue weighted by atomic mass is 10.1. The van der Waals surface area contributed by atoms with E-state index in [4.69, 9.17) is 16.3 Å². The van der Waals surface area contributed by atoms with Crippen molar-refractivity contribution in [3.63, 3.8) is 0 Å². The Morgan fingerprint density at radius 1 is 1.22 bits per heavy atom. The predicted molar refractivity (Wildman–Crippen MR) is 123 cm³/mol. The second-order valence-electron chi connectivity index (χ2n) is 7.13. The maximum absolute atomic E-state index is 14.7. The van der Waals surface area contributed by atoms with Crippen LogP contribution in [-0.4, -0.2) is 40.7 Å². The molecule has 0 radical (unpaired) electrons. The highest BCUT2D eigenvalue weighted by molar-refractivity contribution is 7.92. The second-order valence-corrected chi connectivity index (χ2v) is 9.43. The van der Waals surface area contributed by atoms with Gasteiger partial charge in [-0.2, -0.15) is 4.72 Å². The Balaban J connectivity index is 1.47. The van der Waals surface area contributed by atoms with Gasteiger partial charge >= 0.3 is 0 Å². The quantitative estimate of drug-likeness (QED) is 0.440. The Labute approximate surface area is 196 Å². The highest BCUT2D eigenvalue weighted by atomic mass is 35.5. The molecule has 4 rings (SSSR count). The summed E-state index contributed by atoms with van der Waals surface area (Å²) in [6, 6.07) is 7.43. The van der Waals surface area contributed by atoms with Crippen molar-refractivity contribution >= 4 is 45.8 Å². The van der Waals surface area contributed by atoms with Gasteiger partial charge in [0.15, 0.2) is 11.6 Å². The van der Waals surface area contributed by atoms with Gasteiger partial charge in [0.25, 0.3) is 0 Å². The lowest BCUT2D eigenvalue weighted by Crippen LogP contribution is -2.36. The van der Waals surface area contributed by atoms with Gasteiger partial charge in [-0.05, 0) is 11.6 Å². The Bertz CT molecular complexity index is 1050. The largest absolute Gasteiger partial charge is 0.588 e. The molecule has 1 aliphatic heterocycles. The molecule has 0 amide bonds. The number of benzene rings is 2. The number of anilines is 2. The molecule has 0 saturated carbocycles. The van der Waals surface area contributed by atoms with Crippen LogP contribution in [0.4, 0.5) is 20.3 Å². The Morgan fingerprint density at radius 2 is 2.03 bits per heavy atom. The molecule has 1 unspecified atom stereocenters. The number of rotatable bonds is 8. The minimum absolute atomic E-state index is 0.0903. The van der Waals surface area contributed by atoms with E-state index < -0.39 is 17.2 Å². The van der Waals surface area contributed by atoms with Gasteiger partial charge in [-0.3, -0.25) is 4.90 Å². The minimum atomic E-state index is -1.86. The first-order valence-electron chi connectivity index (χ1n) is 9.87. The zero-order chi connectivity index (χ0) is 22.5. The van der Waals surface area contributed by atoms with Crippen molar-refractivity contribution in [3.8, 4) is 0 Å². The van der Waals surface area contributed by atoms with E-state index in [9.17, 15) is 13.3 Å². The fourth-order valence-corrected chi connectivity index (χ4v) is 5.08. The molecule has 2 heterocycles. The lowest BCUT2D eigenvalue weighted by Gasteiger charge is -2.27. The zero-order valence-electron chi connectivity index (χ0n) is 16.9. The highest BCUT2D eigenvalue weighted by Gasteiger charge is 2.22. The van der Waals surface area contributed by atoms with Gasteiger partial charge in [0.1, 0.15) is 17.2 Å². The molecule has 1 aromatic heterocycles. The molecule has 1 fully saturated rings. The van der Waals surface area contributed by atoms with Gasteiger partial charge in [0.2, 0.25) is 4.90 Å². The van der Waals surface area contributed by atoms with E-state index in [1.54, 1.807) is 17.0 Å². The summed E-state index contributed by atoms with van der Waals surface area (Å²) in [6.45, 7) is 3.61. The van der Waals surface area contributed by atoms with Gasteiger partial charge in [-0.15, -0.1) is 11.3 Å². The number of hydrogen-bond donors (Lipinski definition) is 2. The number of ether oxygens (including phenoxy) is 1. The van der Waals surface area contributed by atoms with Crippen molar-refractivity contribution < 1.29 is 18.1 Å². The van der Waals surface area contributed by atoms with Crippen LogP contribution in [0.2, 0.25) is 5.02 Å². The molecule has 11 heteroatoms. The zero-order valence-corrected chi connectivity index (χ0v) is 19.3. The smallest absolute Gasteiger partial charge is 0.217 e. The van der Waals surface area contributed by atoms with Crippen LogP contribution in [0.15, 0.2) is 46.1 Å². The topological polar surface area (TPSA) is 72.5 Å². The van der Waals surface area contributed by atoms with E-state index in [0.717, 1.165) is 18.7 Å². The third-order valence-electron chi connectivity index (χ3n) is 5.02. The maximum Gasteiger partial charge on any atom is 0.217 e. The van der Waals surface area contributed by atoms with Crippen LogP contribution in [-0.2, 0) is 29.2 Å². The summed E-state index contributed by atoms with van der Waals surface area (Å²) in [4.78, 5) is 6.09. The minimum Gasteiger partial charge on any atom is -0.588 e. The van der Waals surface area contributed by atoms with Crippen LogP contribution in [0.25, 0.3) is 0 Å². The third kappa shape index (κ3) is 5.69. The van der Waals surface area contributed by atoms with Gasteiger partial charge in [-0.1, -0.05) is 23.7 Å². The first-order valence-corrected chi connectivity index (χ1v) is 12.3. The Kier molecular flexibility index (Phi) is 7.82. The highest BCUT2D eigenvalue weighted by Crippen LogP contribution is 2.30. The molecule has 0 spiro atoms. The van der Waals surface area contributed by atoms with E-state index in [1.807, 2.05) is 6.07 Å². The molecule has 170 valence electrons. The Hall–Kier alpha value is -1.95. The third-order valence-corrected chi connectivity index (χ3v) is 7.03. The fraction of sp³-hybridized carbons (Fsp3) is 0.286. The van der Waals surface area contributed by atoms with Gasteiger partial charge < -0.3 is 14.6 Å². The van der Waals surface area contributed by atoms with Crippen molar-refractivity contribution in [2.24, 2.45) is 0 Å². The summed E-state index contributed by atoms with van der Waals surface area (Å²) in [7, 11) is 0. The van der Waals surface area contributed by atoms with E-state index in [-0.39, 0.29) is 22.3 Å². The molecule has 3 aromatic rings. The maximum atomic E-state index is 14.7. The molecular formula is C21H21ClF2N4O2S2. The first kappa shape index (κ1) is 23.2. The van der Waals surface area contributed by atoms with Crippen LogP contribution in [0.3, 0.4) is 0 Å². The summed E-state index contributed by atoms with van der Waals surface area (Å²) in [5.41, 5.74) is 3.21.